The van der Waals surface area contributed by atoms with Crippen LogP contribution in [0.1, 0.15) is 0 Å². The van der Waals surface area contributed by atoms with Crippen LogP contribution in [0.3, 0.4) is 0 Å². The number of anilines is 1. The van der Waals surface area contributed by atoms with Gasteiger partial charge in [-0.3, -0.25) is 0 Å². The summed E-state index contributed by atoms with van der Waals surface area (Å²) in [6.07, 6.45) is 0. The molecule has 0 atom stereocenters. The number of halogens is 1. The SMILES string of the molecule is COc1cc(N)ccc1Sc1nc2cc(Cl)ccc2s1. The van der Waals surface area contributed by atoms with Crippen molar-refractivity contribution in [1.29, 1.82) is 0 Å². The normalized spacial score (nSPS) is 10.9. The summed E-state index contributed by atoms with van der Waals surface area (Å²) in [5.41, 5.74) is 7.36. The van der Waals surface area contributed by atoms with Crippen LogP contribution in [0.25, 0.3) is 10.2 Å². The van der Waals surface area contributed by atoms with Gasteiger partial charge in [-0.15, -0.1) is 11.3 Å². The van der Waals surface area contributed by atoms with Crippen LogP contribution in [0, 0.1) is 0 Å². The molecule has 3 rings (SSSR count). The standard InChI is InChI=1S/C14H11ClN2OS2/c1-18-11-7-9(16)3-5-13(11)20-14-17-10-6-8(15)2-4-12(10)19-14/h2-7H,16H2,1H3. The molecule has 2 N–H and O–H groups in total. The third kappa shape index (κ3) is 2.70. The van der Waals surface area contributed by atoms with Crippen molar-refractivity contribution in [2.75, 3.05) is 12.8 Å². The van der Waals surface area contributed by atoms with Crippen molar-refractivity contribution >= 4 is 50.6 Å². The number of hydrogen-bond acceptors (Lipinski definition) is 5. The molecule has 1 aromatic heterocycles. The zero-order valence-corrected chi connectivity index (χ0v) is 13.0. The minimum absolute atomic E-state index is 0.683. The molecule has 0 aliphatic heterocycles. The molecule has 0 saturated carbocycles. The van der Waals surface area contributed by atoms with Crippen LogP contribution in [-0.2, 0) is 0 Å². The average Bonchev–Trinajstić information content (AvgIpc) is 2.82. The quantitative estimate of drug-likeness (QED) is 0.710. The van der Waals surface area contributed by atoms with Crippen molar-refractivity contribution in [3.05, 3.63) is 41.4 Å². The molecule has 0 bridgehead atoms. The minimum atomic E-state index is 0.683. The molecule has 6 heteroatoms. The van der Waals surface area contributed by atoms with Gasteiger partial charge in [0.25, 0.3) is 0 Å². The first-order valence-corrected chi connectivity index (χ1v) is 7.84. The number of methoxy groups -OCH3 is 1. The van der Waals surface area contributed by atoms with Crippen LogP contribution in [0.2, 0.25) is 5.02 Å². The molecule has 3 aromatic rings. The molecule has 0 radical (unpaired) electrons. The number of nitrogen functional groups attached to an aromatic ring is 1. The van der Waals surface area contributed by atoms with Gasteiger partial charge in [-0.05, 0) is 30.3 Å². The number of fused-ring (bicyclic) bond motifs is 1. The van der Waals surface area contributed by atoms with E-state index < -0.39 is 0 Å². The van der Waals surface area contributed by atoms with E-state index in [0.29, 0.717) is 10.7 Å². The van der Waals surface area contributed by atoms with E-state index >= 15 is 0 Å². The molecule has 2 aromatic carbocycles. The van der Waals surface area contributed by atoms with Gasteiger partial charge in [0.2, 0.25) is 0 Å². The molecular formula is C14H11ClN2OS2. The second-order valence-corrected chi connectivity index (χ2v) is 6.86. The number of rotatable bonds is 3. The Morgan fingerprint density at radius 3 is 2.90 bits per heavy atom. The van der Waals surface area contributed by atoms with Gasteiger partial charge >= 0.3 is 0 Å². The summed E-state index contributed by atoms with van der Waals surface area (Å²) in [5.74, 6) is 0.757. The highest BCUT2D eigenvalue weighted by Crippen LogP contribution is 2.39. The average molecular weight is 323 g/mol. The van der Waals surface area contributed by atoms with E-state index in [4.69, 9.17) is 22.1 Å². The van der Waals surface area contributed by atoms with E-state index in [1.807, 2.05) is 36.4 Å². The van der Waals surface area contributed by atoms with Crippen molar-refractivity contribution in [1.82, 2.24) is 4.98 Å². The van der Waals surface area contributed by atoms with Gasteiger partial charge in [-0.1, -0.05) is 23.4 Å². The van der Waals surface area contributed by atoms with Crippen molar-refractivity contribution in [2.24, 2.45) is 0 Å². The smallest absolute Gasteiger partial charge is 0.156 e. The summed E-state index contributed by atoms with van der Waals surface area (Å²) in [5, 5.41) is 0.699. The number of hydrogen-bond donors (Lipinski definition) is 1. The van der Waals surface area contributed by atoms with Gasteiger partial charge in [-0.25, -0.2) is 4.98 Å². The molecule has 0 saturated heterocycles. The maximum atomic E-state index is 5.98. The van der Waals surface area contributed by atoms with E-state index in [1.54, 1.807) is 30.2 Å². The van der Waals surface area contributed by atoms with Crippen LogP contribution >= 0.6 is 34.7 Å². The largest absolute Gasteiger partial charge is 0.495 e. The zero-order valence-electron chi connectivity index (χ0n) is 10.6. The first kappa shape index (κ1) is 13.5. The Labute approximate surface area is 129 Å². The minimum Gasteiger partial charge on any atom is -0.495 e. The van der Waals surface area contributed by atoms with Crippen LogP contribution in [0.15, 0.2) is 45.6 Å². The predicted molar refractivity (Wildman–Crippen MR) is 86.2 cm³/mol. The highest BCUT2D eigenvalue weighted by atomic mass is 35.5. The fourth-order valence-electron chi connectivity index (χ4n) is 1.79. The second-order valence-electron chi connectivity index (χ2n) is 4.10. The Morgan fingerprint density at radius 2 is 2.10 bits per heavy atom. The zero-order chi connectivity index (χ0) is 14.1. The first-order chi connectivity index (χ1) is 9.65. The van der Waals surface area contributed by atoms with E-state index in [9.17, 15) is 0 Å². The summed E-state index contributed by atoms with van der Waals surface area (Å²) in [6, 6.07) is 11.3. The molecule has 102 valence electrons. The van der Waals surface area contributed by atoms with Gasteiger partial charge in [-0.2, -0.15) is 0 Å². The fourth-order valence-corrected chi connectivity index (χ4v) is 4.05. The van der Waals surface area contributed by atoms with Crippen molar-refractivity contribution in [2.45, 2.75) is 9.24 Å². The summed E-state index contributed by atoms with van der Waals surface area (Å²) < 4.78 is 7.41. The lowest BCUT2D eigenvalue weighted by molar-refractivity contribution is 0.405. The van der Waals surface area contributed by atoms with Crippen LogP contribution in [0.5, 0.6) is 5.75 Å². The maximum Gasteiger partial charge on any atom is 0.156 e. The Bertz CT molecular complexity index is 773. The number of thiazole rings is 1. The van der Waals surface area contributed by atoms with Gasteiger partial charge in [0.15, 0.2) is 4.34 Å². The van der Waals surface area contributed by atoms with Crippen molar-refractivity contribution < 1.29 is 4.74 Å². The highest BCUT2D eigenvalue weighted by Gasteiger charge is 2.10. The monoisotopic (exact) mass is 322 g/mol. The summed E-state index contributed by atoms with van der Waals surface area (Å²) in [7, 11) is 1.64. The Kier molecular flexibility index (Phi) is 3.74. The van der Waals surface area contributed by atoms with Crippen molar-refractivity contribution in [3.8, 4) is 5.75 Å². The molecule has 0 unspecified atom stereocenters. The van der Waals surface area contributed by atoms with Crippen molar-refractivity contribution in [3.63, 3.8) is 0 Å². The molecule has 0 aliphatic rings. The summed E-state index contributed by atoms with van der Waals surface area (Å²) in [6.45, 7) is 0. The van der Waals surface area contributed by atoms with Crippen LogP contribution in [0.4, 0.5) is 5.69 Å². The number of nitrogens with two attached hydrogens (primary N) is 1. The third-order valence-electron chi connectivity index (χ3n) is 2.71. The molecule has 1 heterocycles. The van der Waals surface area contributed by atoms with Gasteiger partial charge in [0.05, 0.1) is 22.2 Å². The van der Waals surface area contributed by atoms with E-state index in [0.717, 1.165) is 25.2 Å². The van der Waals surface area contributed by atoms with Gasteiger partial charge in [0.1, 0.15) is 5.75 Å². The molecule has 0 spiro atoms. The van der Waals surface area contributed by atoms with Crippen LogP contribution in [-0.4, -0.2) is 12.1 Å². The predicted octanol–water partition coefficient (Wildman–Crippen LogP) is 4.69. The Hall–Kier alpha value is -1.43. The summed E-state index contributed by atoms with van der Waals surface area (Å²) >= 11 is 9.17. The maximum absolute atomic E-state index is 5.98. The lowest BCUT2D eigenvalue weighted by atomic mass is 10.3. The number of benzene rings is 2. The molecule has 0 amide bonds. The lowest BCUT2D eigenvalue weighted by Crippen LogP contribution is -1.90. The third-order valence-corrected chi connectivity index (χ3v) is 5.10. The molecule has 20 heavy (non-hydrogen) atoms. The number of nitrogens with zero attached hydrogens (tertiary/aromatic N) is 1. The summed E-state index contributed by atoms with van der Waals surface area (Å²) in [4.78, 5) is 5.57. The topological polar surface area (TPSA) is 48.1 Å². The Morgan fingerprint density at radius 1 is 1.25 bits per heavy atom. The molecule has 0 fully saturated rings. The number of aromatic nitrogens is 1. The first-order valence-electron chi connectivity index (χ1n) is 5.83. The van der Waals surface area contributed by atoms with Crippen LogP contribution < -0.4 is 10.5 Å². The molecular weight excluding hydrogens is 312 g/mol. The fraction of sp³-hybridized carbons (Fsp3) is 0.0714. The molecule has 0 aliphatic carbocycles. The van der Waals surface area contributed by atoms with E-state index in [-0.39, 0.29) is 0 Å². The van der Waals surface area contributed by atoms with E-state index in [2.05, 4.69) is 4.98 Å². The van der Waals surface area contributed by atoms with Gasteiger partial charge < -0.3 is 10.5 Å². The second kappa shape index (κ2) is 5.52. The van der Waals surface area contributed by atoms with E-state index in [1.165, 1.54) is 0 Å². The lowest BCUT2D eigenvalue weighted by Gasteiger charge is -2.06. The highest BCUT2D eigenvalue weighted by molar-refractivity contribution is 8.01. The van der Waals surface area contributed by atoms with Gasteiger partial charge in [0, 0.05) is 16.8 Å². The number of ether oxygens (including phenoxy) is 1. The molecule has 3 nitrogen and oxygen atoms in total. The Balaban J connectivity index is 1.96.